The molecule has 0 aliphatic heterocycles. The molecule has 1 heterocycles. The third-order valence-corrected chi connectivity index (χ3v) is 1.74. The molecule has 0 unspecified atom stereocenters. The van der Waals surface area contributed by atoms with Crippen LogP contribution in [-0.4, -0.2) is 0 Å². The highest BCUT2D eigenvalue weighted by atomic mass is 16.3. The van der Waals surface area contributed by atoms with E-state index in [9.17, 15) is 0 Å². The predicted molar refractivity (Wildman–Crippen MR) is 49.7 cm³/mol. The van der Waals surface area contributed by atoms with E-state index in [2.05, 4.69) is 20.8 Å². The van der Waals surface area contributed by atoms with Crippen LogP contribution in [0, 0.1) is 5.41 Å². The molecule has 0 saturated heterocycles. The van der Waals surface area contributed by atoms with Gasteiger partial charge in [0.25, 0.3) is 0 Å². The highest BCUT2D eigenvalue weighted by molar-refractivity contribution is 5.03. The first-order valence-electron chi connectivity index (χ1n) is 4.28. The molecule has 0 aromatic carbocycles. The van der Waals surface area contributed by atoms with E-state index >= 15 is 0 Å². The molecule has 0 radical (unpaired) electrons. The van der Waals surface area contributed by atoms with Gasteiger partial charge in [-0.05, 0) is 24.0 Å². The SMILES string of the molecule is CC(C)(C)C[C@@H](N)c1ccco1. The molecule has 0 aliphatic carbocycles. The summed E-state index contributed by atoms with van der Waals surface area (Å²) in [6.07, 6.45) is 2.61. The average Bonchev–Trinajstić information content (AvgIpc) is 2.32. The van der Waals surface area contributed by atoms with Gasteiger partial charge < -0.3 is 10.2 Å². The van der Waals surface area contributed by atoms with E-state index in [4.69, 9.17) is 10.2 Å². The summed E-state index contributed by atoms with van der Waals surface area (Å²) in [7, 11) is 0. The maximum absolute atomic E-state index is 5.93. The van der Waals surface area contributed by atoms with E-state index in [-0.39, 0.29) is 11.5 Å². The van der Waals surface area contributed by atoms with Crippen molar-refractivity contribution in [2.45, 2.75) is 33.2 Å². The van der Waals surface area contributed by atoms with Gasteiger partial charge in [-0.3, -0.25) is 0 Å². The monoisotopic (exact) mass is 167 g/mol. The molecule has 0 amide bonds. The lowest BCUT2D eigenvalue weighted by Gasteiger charge is -2.21. The fourth-order valence-electron chi connectivity index (χ4n) is 1.26. The Morgan fingerprint density at radius 1 is 1.50 bits per heavy atom. The molecular weight excluding hydrogens is 150 g/mol. The van der Waals surface area contributed by atoms with E-state index in [0.717, 1.165) is 12.2 Å². The molecule has 1 aromatic rings. The molecule has 0 fully saturated rings. The van der Waals surface area contributed by atoms with Crippen LogP contribution in [-0.2, 0) is 0 Å². The molecule has 0 saturated carbocycles. The number of hydrogen-bond donors (Lipinski definition) is 1. The summed E-state index contributed by atoms with van der Waals surface area (Å²) in [5, 5.41) is 0. The van der Waals surface area contributed by atoms with Gasteiger partial charge in [0.2, 0.25) is 0 Å². The Labute approximate surface area is 73.8 Å². The second kappa shape index (κ2) is 3.31. The van der Waals surface area contributed by atoms with Gasteiger partial charge in [0.05, 0.1) is 12.3 Å². The minimum atomic E-state index is 0.0278. The zero-order chi connectivity index (χ0) is 9.19. The van der Waals surface area contributed by atoms with E-state index in [1.807, 2.05) is 12.1 Å². The highest BCUT2D eigenvalue weighted by Crippen LogP contribution is 2.27. The molecule has 0 aliphatic rings. The summed E-state index contributed by atoms with van der Waals surface area (Å²) in [5.74, 6) is 0.880. The Morgan fingerprint density at radius 2 is 2.17 bits per heavy atom. The summed E-state index contributed by atoms with van der Waals surface area (Å²) < 4.78 is 5.22. The van der Waals surface area contributed by atoms with Crippen molar-refractivity contribution in [1.82, 2.24) is 0 Å². The van der Waals surface area contributed by atoms with Gasteiger partial charge in [-0.2, -0.15) is 0 Å². The van der Waals surface area contributed by atoms with Gasteiger partial charge in [-0.25, -0.2) is 0 Å². The average molecular weight is 167 g/mol. The van der Waals surface area contributed by atoms with Crippen molar-refractivity contribution in [3.05, 3.63) is 24.2 Å². The molecular formula is C10H17NO. The minimum Gasteiger partial charge on any atom is -0.468 e. The van der Waals surface area contributed by atoms with Gasteiger partial charge in [0.15, 0.2) is 0 Å². The van der Waals surface area contributed by atoms with Crippen molar-refractivity contribution in [1.29, 1.82) is 0 Å². The Bertz CT molecular complexity index is 220. The molecule has 1 aromatic heterocycles. The Kier molecular flexibility index (Phi) is 2.58. The first kappa shape index (κ1) is 9.33. The first-order chi connectivity index (χ1) is 5.49. The van der Waals surface area contributed by atoms with Crippen LogP contribution in [0.3, 0.4) is 0 Å². The predicted octanol–water partition coefficient (Wildman–Crippen LogP) is 2.72. The minimum absolute atomic E-state index is 0.0278. The molecule has 0 bridgehead atoms. The fraction of sp³-hybridized carbons (Fsp3) is 0.600. The standard InChI is InChI=1S/C10H17NO/c1-10(2,3)7-8(11)9-5-4-6-12-9/h4-6,8H,7,11H2,1-3H3/t8-/m1/s1. The molecule has 68 valence electrons. The van der Waals surface area contributed by atoms with Crippen LogP contribution >= 0.6 is 0 Å². The molecule has 2 N–H and O–H groups in total. The molecule has 0 spiro atoms. The lowest BCUT2D eigenvalue weighted by molar-refractivity contribution is 0.317. The number of hydrogen-bond acceptors (Lipinski definition) is 2. The maximum Gasteiger partial charge on any atom is 0.120 e. The second-order valence-electron chi connectivity index (χ2n) is 4.39. The zero-order valence-corrected chi connectivity index (χ0v) is 8.00. The molecule has 1 atom stereocenters. The summed E-state index contributed by atoms with van der Waals surface area (Å²) >= 11 is 0. The summed E-state index contributed by atoms with van der Waals surface area (Å²) in [6, 6.07) is 3.83. The van der Waals surface area contributed by atoms with Crippen LogP contribution in [0.4, 0.5) is 0 Å². The highest BCUT2D eigenvalue weighted by Gasteiger charge is 2.18. The first-order valence-corrected chi connectivity index (χ1v) is 4.28. The van der Waals surface area contributed by atoms with Crippen molar-refractivity contribution in [2.24, 2.45) is 11.1 Å². The van der Waals surface area contributed by atoms with Crippen LogP contribution < -0.4 is 5.73 Å². The Morgan fingerprint density at radius 3 is 2.58 bits per heavy atom. The van der Waals surface area contributed by atoms with E-state index in [1.54, 1.807) is 6.26 Å². The maximum atomic E-state index is 5.93. The Hall–Kier alpha value is -0.760. The molecule has 2 heteroatoms. The summed E-state index contributed by atoms with van der Waals surface area (Å²) in [5.41, 5.74) is 6.19. The van der Waals surface area contributed by atoms with Crippen molar-refractivity contribution in [3.8, 4) is 0 Å². The van der Waals surface area contributed by atoms with E-state index < -0.39 is 0 Å². The van der Waals surface area contributed by atoms with Gasteiger partial charge in [-0.15, -0.1) is 0 Å². The summed E-state index contributed by atoms with van der Waals surface area (Å²) in [4.78, 5) is 0. The van der Waals surface area contributed by atoms with Crippen LogP contribution in [0.2, 0.25) is 0 Å². The van der Waals surface area contributed by atoms with Crippen molar-refractivity contribution in [3.63, 3.8) is 0 Å². The fourth-order valence-corrected chi connectivity index (χ4v) is 1.26. The van der Waals surface area contributed by atoms with Crippen molar-refractivity contribution < 1.29 is 4.42 Å². The smallest absolute Gasteiger partial charge is 0.120 e. The lowest BCUT2D eigenvalue weighted by atomic mass is 9.88. The van der Waals surface area contributed by atoms with Crippen molar-refractivity contribution in [2.75, 3.05) is 0 Å². The molecule has 1 rings (SSSR count). The van der Waals surface area contributed by atoms with Crippen molar-refractivity contribution >= 4 is 0 Å². The van der Waals surface area contributed by atoms with E-state index in [0.29, 0.717) is 0 Å². The summed E-state index contributed by atoms with van der Waals surface area (Å²) in [6.45, 7) is 6.53. The van der Waals surface area contributed by atoms with Crippen LogP contribution in [0.5, 0.6) is 0 Å². The van der Waals surface area contributed by atoms with E-state index in [1.165, 1.54) is 0 Å². The second-order valence-corrected chi connectivity index (χ2v) is 4.39. The quantitative estimate of drug-likeness (QED) is 0.735. The molecule has 12 heavy (non-hydrogen) atoms. The molecule has 2 nitrogen and oxygen atoms in total. The number of furan rings is 1. The van der Waals surface area contributed by atoms with Crippen LogP contribution in [0.25, 0.3) is 0 Å². The number of nitrogens with two attached hydrogens (primary N) is 1. The third-order valence-electron chi connectivity index (χ3n) is 1.74. The largest absolute Gasteiger partial charge is 0.468 e. The Balaban J connectivity index is 2.56. The topological polar surface area (TPSA) is 39.2 Å². The third kappa shape index (κ3) is 2.70. The van der Waals surface area contributed by atoms with Gasteiger partial charge in [-0.1, -0.05) is 20.8 Å². The van der Waals surface area contributed by atoms with Gasteiger partial charge >= 0.3 is 0 Å². The van der Waals surface area contributed by atoms with Gasteiger partial charge in [0, 0.05) is 0 Å². The lowest BCUT2D eigenvalue weighted by Crippen LogP contribution is -2.18. The number of rotatable bonds is 2. The van der Waals surface area contributed by atoms with Crippen LogP contribution in [0.1, 0.15) is 39.0 Å². The zero-order valence-electron chi connectivity index (χ0n) is 8.00. The van der Waals surface area contributed by atoms with Crippen LogP contribution in [0.15, 0.2) is 22.8 Å². The normalized spacial score (nSPS) is 14.7. The van der Waals surface area contributed by atoms with Gasteiger partial charge in [0.1, 0.15) is 5.76 Å².